The smallest absolute Gasteiger partial charge is 0.0167 e. The second-order valence-electron chi connectivity index (χ2n) is 4.64. The molecule has 2 aromatic carbocycles. The van der Waals surface area contributed by atoms with Crippen molar-refractivity contribution in [1.82, 2.24) is 0 Å². The first-order chi connectivity index (χ1) is 7.18. The van der Waals surface area contributed by atoms with Crippen molar-refractivity contribution < 1.29 is 0 Å². The topological polar surface area (TPSA) is 0 Å². The van der Waals surface area contributed by atoms with Gasteiger partial charge in [0.15, 0.2) is 0 Å². The highest BCUT2D eigenvalue weighted by Gasteiger charge is 2.09. The molecule has 0 heteroatoms. The van der Waals surface area contributed by atoms with Gasteiger partial charge in [0, 0.05) is 0 Å². The van der Waals surface area contributed by atoms with Gasteiger partial charge in [0.2, 0.25) is 0 Å². The molecule has 0 aliphatic carbocycles. The first-order valence-corrected chi connectivity index (χ1v) is 5.67. The van der Waals surface area contributed by atoms with E-state index < -0.39 is 0 Å². The van der Waals surface area contributed by atoms with Crippen LogP contribution in [-0.2, 0) is 0 Å². The second-order valence-corrected chi connectivity index (χ2v) is 4.64. The molecule has 0 radical (unpaired) electrons. The summed E-state index contributed by atoms with van der Waals surface area (Å²) < 4.78 is 0. The average Bonchev–Trinajstić information content (AvgIpc) is 2.27. The van der Waals surface area contributed by atoms with Gasteiger partial charge in [0.1, 0.15) is 0 Å². The quantitative estimate of drug-likeness (QED) is 0.661. The van der Waals surface area contributed by atoms with Crippen molar-refractivity contribution in [2.24, 2.45) is 5.92 Å². The molecular formula is C15H18. The molecule has 0 amide bonds. The van der Waals surface area contributed by atoms with Crippen LogP contribution in [-0.4, -0.2) is 0 Å². The Kier molecular flexibility index (Phi) is 2.77. The first-order valence-electron chi connectivity index (χ1n) is 5.67. The van der Waals surface area contributed by atoms with E-state index in [1.54, 1.807) is 0 Å². The standard InChI is InChI=1S/C15H18/c1-11(2)12(3)14-9-8-13-6-4-5-7-15(13)10-14/h4-12H,1-3H3/t12-/m0/s1. The van der Waals surface area contributed by atoms with Gasteiger partial charge >= 0.3 is 0 Å². The molecule has 0 N–H and O–H groups in total. The summed E-state index contributed by atoms with van der Waals surface area (Å²) in [4.78, 5) is 0. The molecule has 0 bridgehead atoms. The van der Waals surface area contributed by atoms with E-state index in [2.05, 4.69) is 63.2 Å². The molecule has 78 valence electrons. The third-order valence-corrected chi connectivity index (χ3v) is 3.30. The zero-order valence-electron chi connectivity index (χ0n) is 9.70. The van der Waals surface area contributed by atoms with E-state index in [0.29, 0.717) is 11.8 Å². The summed E-state index contributed by atoms with van der Waals surface area (Å²) in [6.07, 6.45) is 0. The number of benzene rings is 2. The predicted octanol–water partition coefficient (Wildman–Crippen LogP) is 4.60. The Morgan fingerprint density at radius 1 is 0.800 bits per heavy atom. The fraction of sp³-hybridized carbons (Fsp3) is 0.333. The third kappa shape index (κ3) is 2.04. The van der Waals surface area contributed by atoms with Crippen LogP contribution in [0.25, 0.3) is 10.8 Å². The molecule has 0 aliphatic rings. The summed E-state index contributed by atoms with van der Waals surface area (Å²) in [5, 5.41) is 2.68. The summed E-state index contributed by atoms with van der Waals surface area (Å²) in [5.74, 6) is 1.33. The normalized spacial score (nSPS) is 13.3. The van der Waals surface area contributed by atoms with Crippen LogP contribution in [0, 0.1) is 5.92 Å². The summed E-state index contributed by atoms with van der Waals surface area (Å²) in [5.41, 5.74) is 1.45. The van der Waals surface area contributed by atoms with Crippen molar-refractivity contribution in [1.29, 1.82) is 0 Å². The summed E-state index contributed by atoms with van der Waals surface area (Å²) in [6.45, 7) is 6.86. The molecular weight excluding hydrogens is 180 g/mol. The van der Waals surface area contributed by atoms with Crippen LogP contribution in [0.3, 0.4) is 0 Å². The highest BCUT2D eigenvalue weighted by Crippen LogP contribution is 2.26. The van der Waals surface area contributed by atoms with Gasteiger partial charge in [0.05, 0.1) is 0 Å². The van der Waals surface area contributed by atoms with Gasteiger partial charge in [-0.25, -0.2) is 0 Å². The molecule has 15 heavy (non-hydrogen) atoms. The molecule has 2 aromatic rings. The Bertz CT molecular complexity index is 454. The Morgan fingerprint density at radius 2 is 1.47 bits per heavy atom. The molecule has 0 aromatic heterocycles. The lowest BCUT2D eigenvalue weighted by molar-refractivity contribution is 0.535. The maximum Gasteiger partial charge on any atom is -0.0167 e. The number of fused-ring (bicyclic) bond motifs is 1. The van der Waals surface area contributed by atoms with E-state index in [1.807, 2.05) is 0 Å². The predicted molar refractivity (Wildman–Crippen MR) is 67.2 cm³/mol. The Hall–Kier alpha value is -1.30. The van der Waals surface area contributed by atoms with E-state index in [-0.39, 0.29) is 0 Å². The molecule has 0 spiro atoms. The molecule has 0 fully saturated rings. The van der Waals surface area contributed by atoms with Crippen LogP contribution >= 0.6 is 0 Å². The Morgan fingerprint density at radius 3 is 2.13 bits per heavy atom. The minimum atomic E-state index is 0.634. The highest BCUT2D eigenvalue weighted by molar-refractivity contribution is 5.83. The number of rotatable bonds is 2. The van der Waals surface area contributed by atoms with E-state index in [1.165, 1.54) is 16.3 Å². The minimum absolute atomic E-state index is 0.634. The van der Waals surface area contributed by atoms with Gasteiger partial charge in [-0.05, 0) is 28.2 Å². The Balaban J connectivity index is 2.47. The molecule has 0 saturated heterocycles. The van der Waals surface area contributed by atoms with Crippen LogP contribution in [0.5, 0.6) is 0 Å². The van der Waals surface area contributed by atoms with E-state index in [0.717, 1.165) is 0 Å². The molecule has 0 aliphatic heterocycles. The first kappa shape index (κ1) is 10.2. The fourth-order valence-corrected chi connectivity index (χ4v) is 1.88. The minimum Gasteiger partial charge on any atom is -0.0622 e. The van der Waals surface area contributed by atoms with Crippen LogP contribution in [0.1, 0.15) is 32.3 Å². The highest BCUT2D eigenvalue weighted by atomic mass is 14.1. The molecule has 0 unspecified atom stereocenters. The third-order valence-electron chi connectivity index (χ3n) is 3.30. The number of hydrogen-bond acceptors (Lipinski definition) is 0. The van der Waals surface area contributed by atoms with E-state index in [9.17, 15) is 0 Å². The van der Waals surface area contributed by atoms with Crippen LogP contribution in [0.15, 0.2) is 42.5 Å². The van der Waals surface area contributed by atoms with Crippen LogP contribution in [0.2, 0.25) is 0 Å². The lowest BCUT2D eigenvalue weighted by Crippen LogP contribution is -2.01. The van der Waals surface area contributed by atoms with Gasteiger partial charge in [-0.2, -0.15) is 0 Å². The average molecular weight is 198 g/mol. The maximum absolute atomic E-state index is 2.32. The number of hydrogen-bond donors (Lipinski definition) is 0. The lowest BCUT2D eigenvalue weighted by atomic mass is 9.89. The summed E-state index contributed by atoms with van der Waals surface area (Å²) in [6, 6.07) is 15.3. The van der Waals surface area contributed by atoms with E-state index in [4.69, 9.17) is 0 Å². The van der Waals surface area contributed by atoms with Crippen LogP contribution in [0.4, 0.5) is 0 Å². The van der Waals surface area contributed by atoms with Gasteiger partial charge in [0.25, 0.3) is 0 Å². The second kappa shape index (κ2) is 4.06. The lowest BCUT2D eigenvalue weighted by Gasteiger charge is -2.16. The zero-order valence-corrected chi connectivity index (χ0v) is 9.70. The maximum atomic E-state index is 2.32. The summed E-state index contributed by atoms with van der Waals surface area (Å²) in [7, 11) is 0. The largest absolute Gasteiger partial charge is 0.0622 e. The van der Waals surface area contributed by atoms with Gasteiger partial charge in [-0.1, -0.05) is 63.2 Å². The van der Waals surface area contributed by atoms with Crippen molar-refractivity contribution in [3.8, 4) is 0 Å². The van der Waals surface area contributed by atoms with Gasteiger partial charge in [-0.3, -0.25) is 0 Å². The molecule has 1 atom stereocenters. The molecule has 0 nitrogen and oxygen atoms in total. The molecule has 0 saturated carbocycles. The monoisotopic (exact) mass is 198 g/mol. The van der Waals surface area contributed by atoms with Crippen LogP contribution < -0.4 is 0 Å². The van der Waals surface area contributed by atoms with Gasteiger partial charge < -0.3 is 0 Å². The SMILES string of the molecule is CC(C)[C@H](C)c1ccc2ccccc2c1. The van der Waals surface area contributed by atoms with Crippen molar-refractivity contribution >= 4 is 10.8 Å². The van der Waals surface area contributed by atoms with Crippen molar-refractivity contribution in [2.75, 3.05) is 0 Å². The van der Waals surface area contributed by atoms with Crippen molar-refractivity contribution in [3.05, 3.63) is 48.0 Å². The fourth-order valence-electron chi connectivity index (χ4n) is 1.88. The van der Waals surface area contributed by atoms with Crippen molar-refractivity contribution in [2.45, 2.75) is 26.7 Å². The molecule has 0 heterocycles. The Labute approximate surface area is 91.9 Å². The zero-order chi connectivity index (χ0) is 10.8. The van der Waals surface area contributed by atoms with E-state index >= 15 is 0 Å². The summed E-state index contributed by atoms with van der Waals surface area (Å²) >= 11 is 0. The van der Waals surface area contributed by atoms with Gasteiger partial charge in [-0.15, -0.1) is 0 Å². The van der Waals surface area contributed by atoms with Crippen molar-refractivity contribution in [3.63, 3.8) is 0 Å². The molecule has 2 rings (SSSR count).